The molecule has 0 aliphatic carbocycles. The summed E-state index contributed by atoms with van der Waals surface area (Å²) in [6.45, 7) is 5.06. The van der Waals surface area contributed by atoms with E-state index in [1.54, 1.807) is 0 Å². The second kappa shape index (κ2) is 5.86. The van der Waals surface area contributed by atoms with Gasteiger partial charge in [0.1, 0.15) is 11.3 Å². The van der Waals surface area contributed by atoms with Crippen LogP contribution in [0.3, 0.4) is 0 Å². The minimum Gasteiger partial charge on any atom is -0.451 e. The Morgan fingerprint density at radius 3 is 2.75 bits per heavy atom. The topological polar surface area (TPSA) is 45.9 Å². The molecule has 0 radical (unpaired) electrons. The molecule has 1 amide bonds. The Kier molecular flexibility index (Phi) is 3.94. The molecule has 2 aliphatic heterocycles. The molecule has 0 bridgehead atoms. The summed E-state index contributed by atoms with van der Waals surface area (Å²) >= 11 is 3.45. The minimum absolute atomic E-state index is 0.0538. The van der Waals surface area contributed by atoms with Crippen molar-refractivity contribution in [2.75, 3.05) is 33.3 Å². The Morgan fingerprint density at radius 1 is 1.25 bits per heavy atom. The first kappa shape index (κ1) is 16.1. The monoisotopic (exact) mass is 392 g/mol. The molecule has 4 rings (SSSR count). The summed E-state index contributed by atoms with van der Waals surface area (Å²) in [6, 6.07) is 5.86. The summed E-state index contributed by atoms with van der Waals surface area (Å²) in [6.07, 6.45) is 1.69. The average molecular weight is 393 g/mol. The number of piperidine rings is 1. The molecule has 2 aliphatic rings. The first-order valence-corrected chi connectivity index (χ1v) is 9.13. The molecule has 1 aromatic heterocycles. The van der Waals surface area contributed by atoms with Crippen molar-refractivity contribution in [3.05, 3.63) is 34.0 Å². The number of ether oxygens (including phenoxy) is 1. The van der Waals surface area contributed by atoms with E-state index in [2.05, 4.69) is 27.9 Å². The molecule has 6 heteroatoms. The number of fused-ring (bicyclic) bond motifs is 1. The zero-order chi connectivity index (χ0) is 16.9. The van der Waals surface area contributed by atoms with Crippen LogP contribution >= 0.6 is 15.9 Å². The van der Waals surface area contributed by atoms with Gasteiger partial charge in [-0.1, -0.05) is 15.9 Å². The van der Waals surface area contributed by atoms with E-state index in [1.165, 1.54) is 0 Å². The normalized spacial score (nSPS) is 21.0. The van der Waals surface area contributed by atoms with E-state index < -0.39 is 5.72 Å². The molecule has 24 heavy (non-hydrogen) atoms. The third-order valence-corrected chi connectivity index (χ3v) is 5.78. The first-order valence-electron chi connectivity index (χ1n) is 8.33. The molecular formula is C18H21BrN2O3. The van der Waals surface area contributed by atoms with Crippen LogP contribution in [0, 0.1) is 6.92 Å². The van der Waals surface area contributed by atoms with Crippen molar-refractivity contribution in [2.45, 2.75) is 25.5 Å². The van der Waals surface area contributed by atoms with E-state index in [4.69, 9.17) is 9.15 Å². The fraction of sp³-hybridized carbons (Fsp3) is 0.500. The van der Waals surface area contributed by atoms with Gasteiger partial charge in [0.05, 0.1) is 6.61 Å². The number of benzene rings is 1. The Hall–Kier alpha value is -1.37. The van der Waals surface area contributed by atoms with Gasteiger partial charge < -0.3 is 19.0 Å². The van der Waals surface area contributed by atoms with E-state index in [-0.39, 0.29) is 5.91 Å². The lowest BCUT2D eigenvalue weighted by atomic mass is 9.98. The van der Waals surface area contributed by atoms with Gasteiger partial charge in [0.15, 0.2) is 5.76 Å². The highest BCUT2D eigenvalue weighted by atomic mass is 79.9. The van der Waals surface area contributed by atoms with Gasteiger partial charge in [-0.25, -0.2) is 0 Å². The predicted molar refractivity (Wildman–Crippen MR) is 95.1 cm³/mol. The zero-order valence-electron chi connectivity index (χ0n) is 14.0. The van der Waals surface area contributed by atoms with Gasteiger partial charge in [-0.2, -0.15) is 0 Å². The number of amides is 1. The number of furan rings is 1. The molecule has 2 saturated heterocycles. The van der Waals surface area contributed by atoms with Gasteiger partial charge in [-0.05, 0) is 32.2 Å². The highest BCUT2D eigenvalue weighted by molar-refractivity contribution is 9.10. The van der Waals surface area contributed by atoms with E-state index in [0.29, 0.717) is 18.9 Å². The van der Waals surface area contributed by atoms with E-state index >= 15 is 0 Å². The third kappa shape index (κ3) is 2.48. The predicted octanol–water partition coefficient (Wildman–Crippen LogP) is 3.40. The van der Waals surface area contributed by atoms with Crippen LogP contribution < -0.4 is 0 Å². The molecular weight excluding hydrogens is 372 g/mol. The molecule has 0 saturated carbocycles. The number of halogens is 1. The second-order valence-corrected chi connectivity index (χ2v) is 7.67. The zero-order valence-corrected chi connectivity index (χ0v) is 15.6. The SMILES string of the molecule is Cc1c(C(=O)N2CCOC23CCN(C)CC3)oc2cc(Br)ccc12. The van der Waals surface area contributed by atoms with Crippen LogP contribution in [0.5, 0.6) is 0 Å². The molecule has 0 N–H and O–H groups in total. The number of hydrogen-bond acceptors (Lipinski definition) is 4. The molecule has 5 nitrogen and oxygen atoms in total. The summed E-state index contributed by atoms with van der Waals surface area (Å²) in [5, 5.41) is 0.985. The van der Waals surface area contributed by atoms with Crippen LogP contribution in [0.2, 0.25) is 0 Å². The van der Waals surface area contributed by atoms with Crippen molar-refractivity contribution in [1.82, 2.24) is 9.80 Å². The van der Waals surface area contributed by atoms with E-state index in [0.717, 1.165) is 46.9 Å². The lowest BCUT2D eigenvalue weighted by molar-refractivity contribution is -0.103. The summed E-state index contributed by atoms with van der Waals surface area (Å²) in [5.41, 5.74) is 1.18. The summed E-state index contributed by atoms with van der Waals surface area (Å²) in [7, 11) is 2.11. The maximum absolute atomic E-state index is 13.2. The van der Waals surface area contributed by atoms with Gasteiger partial charge in [0.25, 0.3) is 5.91 Å². The van der Waals surface area contributed by atoms with Crippen LogP contribution in [-0.4, -0.2) is 54.7 Å². The number of likely N-dealkylation sites (tertiary alicyclic amines) is 1. The smallest absolute Gasteiger partial charge is 0.292 e. The highest BCUT2D eigenvalue weighted by Gasteiger charge is 2.47. The number of hydrogen-bond donors (Lipinski definition) is 0. The summed E-state index contributed by atoms with van der Waals surface area (Å²) in [5.74, 6) is 0.383. The van der Waals surface area contributed by atoms with Crippen molar-refractivity contribution in [3.8, 4) is 0 Å². The summed E-state index contributed by atoms with van der Waals surface area (Å²) in [4.78, 5) is 17.4. The Morgan fingerprint density at radius 2 is 2.00 bits per heavy atom. The van der Waals surface area contributed by atoms with Gasteiger partial charge in [0, 0.05) is 47.9 Å². The largest absolute Gasteiger partial charge is 0.451 e. The maximum atomic E-state index is 13.2. The van der Waals surface area contributed by atoms with Gasteiger partial charge in [-0.3, -0.25) is 4.79 Å². The minimum atomic E-state index is -0.463. The highest BCUT2D eigenvalue weighted by Crippen LogP contribution is 2.37. The van der Waals surface area contributed by atoms with Gasteiger partial charge in [-0.15, -0.1) is 0 Å². The first-order chi connectivity index (χ1) is 11.5. The van der Waals surface area contributed by atoms with Crippen molar-refractivity contribution in [1.29, 1.82) is 0 Å². The average Bonchev–Trinajstić information content (AvgIpc) is 3.12. The Balaban J connectivity index is 1.69. The Bertz CT molecular complexity index is 793. The lowest BCUT2D eigenvalue weighted by Crippen LogP contribution is -2.54. The molecule has 0 unspecified atom stereocenters. The van der Waals surface area contributed by atoms with Crippen LogP contribution in [0.25, 0.3) is 11.0 Å². The van der Waals surface area contributed by atoms with Crippen LogP contribution in [0.4, 0.5) is 0 Å². The Labute approximate surface area is 149 Å². The van der Waals surface area contributed by atoms with E-state index in [1.807, 2.05) is 30.0 Å². The van der Waals surface area contributed by atoms with Crippen molar-refractivity contribution in [3.63, 3.8) is 0 Å². The van der Waals surface area contributed by atoms with E-state index in [9.17, 15) is 4.79 Å². The van der Waals surface area contributed by atoms with Crippen LogP contribution in [0.15, 0.2) is 27.1 Å². The fourth-order valence-electron chi connectivity index (χ4n) is 3.80. The quantitative estimate of drug-likeness (QED) is 0.745. The lowest BCUT2D eigenvalue weighted by Gasteiger charge is -2.42. The molecule has 3 heterocycles. The van der Waals surface area contributed by atoms with Crippen LogP contribution in [0.1, 0.15) is 29.0 Å². The molecule has 1 aromatic carbocycles. The number of nitrogens with zero attached hydrogens (tertiary/aromatic N) is 2. The third-order valence-electron chi connectivity index (χ3n) is 5.29. The number of carbonyl (C=O) groups is 1. The van der Waals surface area contributed by atoms with Gasteiger partial charge in [0.2, 0.25) is 0 Å². The number of carbonyl (C=O) groups excluding carboxylic acids is 1. The second-order valence-electron chi connectivity index (χ2n) is 6.75. The fourth-order valence-corrected chi connectivity index (χ4v) is 4.14. The maximum Gasteiger partial charge on any atom is 0.292 e. The number of aryl methyl sites for hydroxylation is 1. The van der Waals surface area contributed by atoms with Crippen molar-refractivity contribution >= 4 is 32.8 Å². The van der Waals surface area contributed by atoms with Crippen molar-refractivity contribution in [2.24, 2.45) is 0 Å². The standard InChI is InChI=1S/C18H21BrN2O3/c1-12-14-4-3-13(19)11-15(14)24-16(12)17(22)21-9-10-23-18(21)5-7-20(2)8-6-18/h3-4,11H,5-10H2,1-2H3. The van der Waals surface area contributed by atoms with Crippen LogP contribution in [-0.2, 0) is 4.74 Å². The molecule has 1 spiro atoms. The molecule has 2 fully saturated rings. The molecule has 128 valence electrons. The summed E-state index contributed by atoms with van der Waals surface area (Å²) < 4.78 is 12.9. The van der Waals surface area contributed by atoms with Gasteiger partial charge >= 0.3 is 0 Å². The molecule has 0 atom stereocenters. The van der Waals surface area contributed by atoms with Crippen molar-refractivity contribution < 1.29 is 13.9 Å². The number of rotatable bonds is 1. The molecule has 2 aromatic rings.